The average molecular weight is 310 g/mol. The lowest BCUT2D eigenvalue weighted by molar-refractivity contribution is -0.143. The molecule has 1 aliphatic rings. The molecule has 1 aromatic carbocycles. The van der Waals surface area contributed by atoms with Gasteiger partial charge in [-0.1, -0.05) is 0 Å². The summed E-state index contributed by atoms with van der Waals surface area (Å²) in [5.41, 5.74) is 0.500. The summed E-state index contributed by atoms with van der Waals surface area (Å²) >= 11 is 0. The Bertz CT molecular complexity index is 619. The third-order valence-electron chi connectivity index (χ3n) is 3.15. The van der Waals surface area contributed by atoms with E-state index in [9.17, 15) is 18.8 Å². The second-order valence-electron chi connectivity index (χ2n) is 4.91. The molecule has 7 nitrogen and oxygen atoms in total. The van der Waals surface area contributed by atoms with E-state index in [1.54, 1.807) is 0 Å². The number of nitrogens with one attached hydrogen (secondary N) is 2. The number of carbonyl (C=O) groups is 3. The summed E-state index contributed by atoms with van der Waals surface area (Å²) in [6.07, 6.45) is -0.421. The van der Waals surface area contributed by atoms with Crippen molar-refractivity contribution >= 4 is 17.8 Å². The van der Waals surface area contributed by atoms with E-state index < -0.39 is 42.1 Å². The van der Waals surface area contributed by atoms with Crippen LogP contribution in [0.3, 0.4) is 0 Å². The lowest BCUT2D eigenvalue weighted by Crippen LogP contribution is -2.44. The monoisotopic (exact) mass is 310 g/mol. The summed E-state index contributed by atoms with van der Waals surface area (Å²) in [5.74, 6) is -2.41. The molecule has 1 aromatic rings. The summed E-state index contributed by atoms with van der Waals surface area (Å²) < 4.78 is 18.6. The van der Waals surface area contributed by atoms with Crippen LogP contribution in [0.4, 0.5) is 4.39 Å². The van der Waals surface area contributed by atoms with Gasteiger partial charge in [0.05, 0.1) is 12.5 Å². The van der Waals surface area contributed by atoms with Gasteiger partial charge in [-0.25, -0.2) is 9.18 Å². The molecule has 1 heterocycles. The topological polar surface area (TPSA) is 105 Å². The Hall–Kier alpha value is -2.64. The normalized spacial score (nSPS) is 17.1. The highest BCUT2D eigenvalue weighted by atomic mass is 19.1. The van der Waals surface area contributed by atoms with E-state index in [0.29, 0.717) is 11.3 Å². The van der Waals surface area contributed by atoms with Crippen LogP contribution in [0.15, 0.2) is 18.2 Å². The zero-order chi connectivity index (χ0) is 16.3. The molecule has 0 bridgehead atoms. The zero-order valence-electron chi connectivity index (χ0n) is 11.8. The number of carboxylic acids is 1. The number of benzene rings is 1. The maximum absolute atomic E-state index is 13.2. The molecule has 0 spiro atoms. The van der Waals surface area contributed by atoms with E-state index in [4.69, 9.17) is 9.84 Å². The van der Waals surface area contributed by atoms with E-state index in [0.717, 1.165) is 6.92 Å². The fourth-order valence-corrected chi connectivity index (χ4v) is 2.19. The van der Waals surface area contributed by atoms with Crippen molar-refractivity contribution in [2.24, 2.45) is 0 Å². The minimum Gasteiger partial charge on any atom is -0.491 e. The lowest BCUT2D eigenvalue weighted by atomic mass is 10.1. The summed E-state index contributed by atoms with van der Waals surface area (Å²) in [6, 6.07) is 2.11. The smallest absolute Gasteiger partial charge is 0.326 e. The van der Waals surface area contributed by atoms with E-state index in [2.05, 4.69) is 10.6 Å². The highest BCUT2D eigenvalue weighted by Crippen LogP contribution is 2.32. The number of hydrogen-bond donors (Lipinski definition) is 3. The number of halogens is 1. The third-order valence-corrected chi connectivity index (χ3v) is 3.15. The van der Waals surface area contributed by atoms with Crippen molar-refractivity contribution in [3.05, 3.63) is 29.6 Å². The van der Waals surface area contributed by atoms with Crippen LogP contribution in [0.25, 0.3) is 0 Å². The number of ether oxygens (including phenoxy) is 1. The van der Waals surface area contributed by atoms with Crippen LogP contribution in [-0.4, -0.2) is 35.5 Å². The predicted octanol–water partition coefficient (Wildman–Crippen LogP) is 0.355. The first-order valence-electron chi connectivity index (χ1n) is 6.58. The molecular weight excluding hydrogens is 295 g/mol. The van der Waals surface area contributed by atoms with Crippen molar-refractivity contribution < 1.29 is 28.6 Å². The maximum atomic E-state index is 13.2. The molecule has 0 fully saturated rings. The molecule has 0 saturated carbocycles. The number of fused-ring (bicyclic) bond motifs is 1. The second kappa shape index (κ2) is 6.42. The molecule has 3 N–H and O–H groups in total. The Morgan fingerprint density at radius 3 is 2.82 bits per heavy atom. The van der Waals surface area contributed by atoms with Crippen LogP contribution < -0.4 is 15.4 Å². The molecular formula is C14H15FN2O5. The molecule has 0 aliphatic carbocycles. The van der Waals surface area contributed by atoms with Crippen molar-refractivity contribution in [1.82, 2.24) is 10.6 Å². The number of rotatable bonds is 5. The van der Waals surface area contributed by atoms with Crippen LogP contribution in [0.5, 0.6) is 5.75 Å². The minimum absolute atomic E-state index is 0.141. The van der Waals surface area contributed by atoms with E-state index in [-0.39, 0.29) is 6.61 Å². The van der Waals surface area contributed by atoms with Crippen LogP contribution in [0, 0.1) is 5.82 Å². The first kappa shape index (κ1) is 15.7. The van der Waals surface area contributed by atoms with Crippen LogP contribution in [0.1, 0.15) is 24.9 Å². The van der Waals surface area contributed by atoms with Gasteiger partial charge in [0, 0.05) is 12.5 Å². The quantitative estimate of drug-likeness (QED) is 0.728. The van der Waals surface area contributed by atoms with Crippen molar-refractivity contribution in [3.63, 3.8) is 0 Å². The van der Waals surface area contributed by atoms with E-state index >= 15 is 0 Å². The largest absolute Gasteiger partial charge is 0.491 e. The van der Waals surface area contributed by atoms with Gasteiger partial charge in [-0.3, -0.25) is 9.59 Å². The molecule has 0 radical (unpaired) electrons. The summed E-state index contributed by atoms with van der Waals surface area (Å²) in [4.78, 5) is 33.8. The maximum Gasteiger partial charge on any atom is 0.326 e. The van der Waals surface area contributed by atoms with Gasteiger partial charge in [0.1, 0.15) is 24.2 Å². The number of amides is 2. The fourth-order valence-electron chi connectivity index (χ4n) is 2.19. The molecule has 2 amide bonds. The molecule has 2 atom stereocenters. The number of carboxylic acid groups (broad SMARTS) is 1. The SMILES string of the molecule is CC(=O)N[C@@H](CC(=O)NC1COc2ccc(F)cc21)C(=O)O. The van der Waals surface area contributed by atoms with Crippen molar-refractivity contribution in [2.45, 2.75) is 25.4 Å². The molecule has 0 aromatic heterocycles. The minimum atomic E-state index is -1.31. The molecule has 1 unspecified atom stereocenters. The van der Waals surface area contributed by atoms with Gasteiger partial charge in [0.25, 0.3) is 0 Å². The Labute approximate surface area is 125 Å². The Morgan fingerprint density at radius 1 is 1.45 bits per heavy atom. The van der Waals surface area contributed by atoms with Crippen molar-refractivity contribution in [3.8, 4) is 5.75 Å². The highest BCUT2D eigenvalue weighted by Gasteiger charge is 2.28. The molecule has 118 valence electrons. The number of hydrogen-bond acceptors (Lipinski definition) is 4. The Balaban J connectivity index is 2.00. The van der Waals surface area contributed by atoms with Gasteiger partial charge < -0.3 is 20.5 Å². The number of aliphatic carboxylic acids is 1. The number of carbonyl (C=O) groups excluding carboxylic acids is 2. The Morgan fingerprint density at radius 2 is 2.18 bits per heavy atom. The average Bonchev–Trinajstić information content (AvgIpc) is 2.80. The Kier molecular flexibility index (Phi) is 4.59. The van der Waals surface area contributed by atoms with Gasteiger partial charge in [0.15, 0.2) is 0 Å². The predicted molar refractivity (Wildman–Crippen MR) is 72.6 cm³/mol. The molecule has 22 heavy (non-hydrogen) atoms. The zero-order valence-corrected chi connectivity index (χ0v) is 11.8. The van der Waals surface area contributed by atoms with Crippen LogP contribution >= 0.6 is 0 Å². The van der Waals surface area contributed by atoms with Crippen LogP contribution in [-0.2, 0) is 14.4 Å². The highest BCUT2D eigenvalue weighted by molar-refractivity contribution is 5.88. The summed E-state index contributed by atoms with van der Waals surface area (Å²) in [5, 5.41) is 13.7. The van der Waals surface area contributed by atoms with Crippen molar-refractivity contribution in [1.29, 1.82) is 0 Å². The van der Waals surface area contributed by atoms with E-state index in [1.807, 2.05) is 0 Å². The molecule has 0 saturated heterocycles. The second-order valence-corrected chi connectivity index (χ2v) is 4.91. The molecule has 2 rings (SSSR count). The van der Waals surface area contributed by atoms with Gasteiger partial charge >= 0.3 is 5.97 Å². The fraction of sp³-hybridized carbons (Fsp3) is 0.357. The molecule has 8 heteroatoms. The standard InChI is InChI=1S/C14H15FN2O5/c1-7(18)16-10(14(20)21)5-13(19)17-11-6-22-12-3-2-8(15)4-9(11)12/h2-4,10-11H,5-6H2,1H3,(H,16,18)(H,17,19)(H,20,21)/t10-,11?/m0/s1. The van der Waals surface area contributed by atoms with Gasteiger partial charge in [0.2, 0.25) is 11.8 Å². The van der Waals surface area contributed by atoms with Gasteiger partial charge in [-0.05, 0) is 18.2 Å². The summed E-state index contributed by atoms with van der Waals surface area (Å²) in [7, 11) is 0. The first-order valence-corrected chi connectivity index (χ1v) is 6.58. The first-order chi connectivity index (χ1) is 10.4. The molecule has 1 aliphatic heterocycles. The van der Waals surface area contributed by atoms with Gasteiger partial charge in [-0.15, -0.1) is 0 Å². The van der Waals surface area contributed by atoms with Crippen LogP contribution in [0.2, 0.25) is 0 Å². The lowest BCUT2D eigenvalue weighted by Gasteiger charge is -2.16. The third kappa shape index (κ3) is 3.72. The van der Waals surface area contributed by atoms with Gasteiger partial charge in [-0.2, -0.15) is 0 Å². The van der Waals surface area contributed by atoms with Crippen molar-refractivity contribution in [2.75, 3.05) is 6.61 Å². The van der Waals surface area contributed by atoms with E-state index in [1.165, 1.54) is 18.2 Å². The summed E-state index contributed by atoms with van der Waals surface area (Å²) in [6.45, 7) is 1.31.